The molecule has 0 heterocycles. The van der Waals surface area contributed by atoms with E-state index < -0.39 is 0 Å². The van der Waals surface area contributed by atoms with Gasteiger partial charge in [0.05, 0.1) is 0 Å². The van der Waals surface area contributed by atoms with Crippen LogP contribution in [0.2, 0.25) is 0 Å². The van der Waals surface area contributed by atoms with Gasteiger partial charge in [-0.05, 0) is 32.2 Å². The first-order valence-corrected chi connectivity index (χ1v) is 16.5. The van der Waals surface area contributed by atoms with Gasteiger partial charge in [0.2, 0.25) is 0 Å². The highest BCUT2D eigenvalue weighted by Gasteiger charge is 2.27. The van der Waals surface area contributed by atoms with Gasteiger partial charge in [0.1, 0.15) is 0 Å². The number of hydrogen-bond donors (Lipinski definition) is 1. The molecule has 1 heteroatoms. The lowest BCUT2D eigenvalue weighted by Crippen LogP contribution is -2.45. The number of hydrogen-bond acceptors (Lipinski definition) is 1. The van der Waals surface area contributed by atoms with Crippen molar-refractivity contribution in [3.8, 4) is 0 Å². The first-order chi connectivity index (χ1) is 16.7. The highest BCUT2D eigenvalue weighted by Crippen LogP contribution is 2.30. The van der Waals surface area contributed by atoms with Crippen molar-refractivity contribution in [2.75, 3.05) is 6.54 Å². The van der Waals surface area contributed by atoms with Gasteiger partial charge >= 0.3 is 0 Å². The summed E-state index contributed by atoms with van der Waals surface area (Å²) in [7, 11) is 0. The van der Waals surface area contributed by atoms with Crippen LogP contribution in [0.25, 0.3) is 0 Å². The van der Waals surface area contributed by atoms with E-state index in [0.717, 1.165) is 0 Å². The first kappa shape index (κ1) is 34.0. The van der Waals surface area contributed by atoms with Crippen molar-refractivity contribution >= 4 is 0 Å². The van der Waals surface area contributed by atoms with E-state index in [1.807, 2.05) is 0 Å². The zero-order valence-electron chi connectivity index (χ0n) is 24.8. The third-order valence-electron chi connectivity index (χ3n) is 8.06. The van der Waals surface area contributed by atoms with E-state index in [1.165, 1.54) is 180 Å². The quantitative estimate of drug-likeness (QED) is 0.105. The van der Waals surface area contributed by atoms with Crippen molar-refractivity contribution in [2.24, 2.45) is 0 Å². The summed E-state index contributed by atoms with van der Waals surface area (Å²) in [6.07, 6.45) is 38.5. The first-order valence-electron chi connectivity index (χ1n) is 16.5. The summed E-state index contributed by atoms with van der Waals surface area (Å²) in [5.41, 5.74) is 0.434. The van der Waals surface area contributed by atoms with Gasteiger partial charge in [0.15, 0.2) is 0 Å². The zero-order valence-corrected chi connectivity index (χ0v) is 24.8. The maximum absolute atomic E-state index is 4.23. The van der Waals surface area contributed by atoms with Crippen LogP contribution in [0.1, 0.15) is 201 Å². The Bertz CT molecular complexity index is 323. The Labute approximate surface area is 218 Å². The van der Waals surface area contributed by atoms with E-state index in [4.69, 9.17) is 0 Å². The third kappa shape index (κ3) is 22.4. The van der Waals surface area contributed by atoms with E-state index in [9.17, 15) is 0 Å². The van der Waals surface area contributed by atoms with E-state index in [1.54, 1.807) is 0 Å². The highest BCUT2D eigenvalue weighted by atomic mass is 15.0. The molecular weight excluding hydrogens is 410 g/mol. The molecule has 0 saturated heterocycles. The summed E-state index contributed by atoms with van der Waals surface area (Å²) >= 11 is 0. The molecular formula is C33H69N. The summed E-state index contributed by atoms with van der Waals surface area (Å²) in [5.74, 6) is 0. The van der Waals surface area contributed by atoms with Crippen LogP contribution in [0.15, 0.2) is 0 Å². The molecule has 0 spiro atoms. The monoisotopic (exact) mass is 480 g/mol. The lowest BCUT2D eigenvalue weighted by Gasteiger charge is -2.36. The van der Waals surface area contributed by atoms with Gasteiger partial charge in [-0.15, -0.1) is 0 Å². The van der Waals surface area contributed by atoms with Crippen LogP contribution < -0.4 is 5.32 Å². The molecule has 34 heavy (non-hydrogen) atoms. The topological polar surface area (TPSA) is 12.0 Å². The molecule has 1 nitrogen and oxygen atoms in total. The largest absolute Gasteiger partial charge is 0.311 e. The Morgan fingerprint density at radius 3 is 0.912 bits per heavy atom. The smallest absolute Gasteiger partial charge is 0.0181 e. The summed E-state index contributed by atoms with van der Waals surface area (Å²) < 4.78 is 0. The van der Waals surface area contributed by atoms with Crippen molar-refractivity contribution in [3.63, 3.8) is 0 Å². The van der Waals surface area contributed by atoms with Crippen LogP contribution in [0.4, 0.5) is 0 Å². The predicted octanol–water partition coefficient (Wildman–Crippen LogP) is 11.9. The van der Waals surface area contributed by atoms with Crippen molar-refractivity contribution < 1.29 is 0 Å². The van der Waals surface area contributed by atoms with Gasteiger partial charge in [0.25, 0.3) is 0 Å². The van der Waals surface area contributed by atoms with Crippen LogP contribution in [0, 0.1) is 0 Å². The second-order valence-electron chi connectivity index (χ2n) is 11.5. The standard InChI is InChI=1S/C33H69N/c1-5-9-13-17-21-25-29-33(30-26-22-18-14-10-6-2,31-27-23-19-15-11-7-3)34-32-28-24-20-16-12-8-4/h34H,5-32H2,1-4H3. The second kappa shape index (κ2) is 27.5. The Balaban J connectivity index is 4.74. The zero-order chi connectivity index (χ0) is 25.0. The minimum absolute atomic E-state index is 0.434. The van der Waals surface area contributed by atoms with Crippen LogP contribution in [-0.4, -0.2) is 12.1 Å². The van der Waals surface area contributed by atoms with Crippen molar-refractivity contribution in [1.29, 1.82) is 0 Å². The Morgan fingerprint density at radius 1 is 0.324 bits per heavy atom. The summed E-state index contributed by atoms with van der Waals surface area (Å²) in [6.45, 7) is 10.6. The molecule has 0 aliphatic rings. The Morgan fingerprint density at radius 2 is 0.588 bits per heavy atom. The summed E-state index contributed by atoms with van der Waals surface area (Å²) in [5, 5.41) is 4.23. The average molecular weight is 480 g/mol. The van der Waals surface area contributed by atoms with Crippen molar-refractivity contribution in [3.05, 3.63) is 0 Å². The third-order valence-corrected chi connectivity index (χ3v) is 8.06. The van der Waals surface area contributed by atoms with Gasteiger partial charge in [-0.1, -0.05) is 175 Å². The fourth-order valence-electron chi connectivity index (χ4n) is 5.63. The lowest BCUT2D eigenvalue weighted by molar-refractivity contribution is 0.234. The minimum atomic E-state index is 0.434. The molecule has 1 N–H and O–H groups in total. The lowest BCUT2D eigenvalue weighted by atomic mass is 9.81. The van der Waals surface area contributed by atoms with Gasteiger partial charge in [0, 0.05) is 5.54 Å². The van der Waals surface area contributed by atoms with Crippen LogP contribution >= 0.6 is 0 Å². The van der Waals surface area contributed by atoms with Gasteiger partial charge < -0.3 is 5.32 Å². The maximum Gasteiger partial charge on any atom is 0.0181 e. The molecule has 0 atom stereocenters. The molecule has 0 aliphatic carbocycles. The highest BCUT2D eigenvalue weighted by molar-refractivity contribution is 4.88. The molecule has 0 fully saturated rings. The SMILES string of the molecule is CCCCCCCCNC(CCCCCCCC)(CCCCCCCC)CCCCCCCC. The molecule has 0 aromatic carbocycles. The van der Waals surface area contributed by atoms with Crippen molar-refractivity contribution in [1.82, 2.24) is 5.32 Å². The molecule has 0 rings (SSSR count). The minimum Gasteiger partial charge on any atom is -0.311 e. The van der Waals surface area contributed by atoms with Gasteiger partial charge in [-0.25, -0.2) is 0 Å². The Kier molecular flexibility index (Phi) is 27.5. The Hall–Kier alpha value is -0.0400. The molecule has 0 unspecified atom stereocenters. The predicted molar refractivity (Wildman–Crippen MR) is 158 cm³/mol. The van der Waals surface area contributed by atoms with E-state index in [-0.39, 0.29) is 0 Å². The molecule has 0 aromatic heterocycles. The normalized spacial score (nSPS) is 12.0. The molecule has 0 saturated carbocycles. The van der Waals surface area contributed by atoms with Gasteiger partial charge in [-0.2, -0.15) is 0 Å². The van der Waals surface area contributed by atoms with Gasteiger partial charge in [-0.3, -0.25) is 0 Å². The maximum atomic E-state index is 4.23. The number of rotatable bonds is 29. The fourth-order valence-corrected chi connectivity index (χ4v) is 5.63. The number of nitrogens with one attached hydrogen (secondary N) is 1. The van der Waals surface area contributed by atoms with E-state index in [2.05, 4.69) is 33.0 Å². The fraction of sp³-hybridized carbons (Fsp3) is 1.00. The molecule has 206 valence electrons. The van der Waals surface area contributed by atoms with E-state index in [0.29, 0.717) is 5.54 Å². The van der Waals surface area contributed by atoms with Crippen molar-refractivity contribution in [2.45, 2.75) is 207 Å². The number of unbranched alkanes of at least 4 members (excludes halogenated alkanes) is 20. The van der Waals surface area contributed by atoms with E-state index >= 15 is 0 Å². The molecule has 0 aromatic rings. The summed E-state index contributed by atoms with van der Waals surface area (Å²) in [6, 6.07) is 0. The van der Waals surface area contributed by atoms with Crippen LogP contribution in [-0.2, 0) is 0 Å². The molecule has 0 amide bonds. The summed E-state index contributed by atoms with van der Waals surface area (Å²) in [4.78, 5) is 0. The molecule has 0 bridgehead atoms. The second-order valence-corrected chi connectivity index (χ2v) is 11.5. The van der Waals surface area contributed by atoms with Crippen LogP contribution in [0.3, 0.4) is 0 Å². The molecule has 0 aliphatic heterocycles. The average Bonchev–Trinajstić information content (AvgIpc) is 2.85. The molecule has 0 radical (unpaired) electrons. The van der Waals surface area contributed by atoms with Crippen LogP contribution in [0.5, 0.6) is 0 Å².